The van der Waals surface area contributed by atoms with Gasteiger partial charge in [0.15, 0.2) is 0 Å². The van der Waals surface area contributed by atoms with Gasteiger partial charge in [-0.3, -0.25) is 0 Å². The molecule has 1 N–H and O–H groups in total. The Balaban J connectivity index is 1.82. The number of aromatic nitrogens is 1. The Labute approximate surface area is 167 Å². The monoisotopic (exact) mass is 382 g/mol. The fourth-order valence-electron chi connectivity index (χ4n) is 3.48. The lowest BCUT2D eigenvalue weighted by atomic mass is 10.1. The number of rotatable bonds is 7. The molecule has 150 valence electrons. The molecule has 2 heterocycles. The van der Waals surface area contributed by atoms with E-state index in [9.17, 15) is 9.90 Å². The highest BCUT2D eigenvalue weighted by Gasteiger charge is 2.18. The first-order chi connectivity index (χ1) is 13.5. The zero-order chi connectivity index (χ0) is 20.1. The number of benzene rings is 1. The Morgan fingerprint density at radius 1 is 1.11 bits per heavy atom. The fourth-order valence-corrected chi connectivity index (χ4v) is 3.48. The number of carbonyl (C=O) groups is 1. The average Bonchev–Trinajstić information content (AvgIpc) is 2.72. The van der Waals surface area contributed by atoms with Gasteiger partial charge < -0.3 is 19.8 Å². The highest BCUT2D eigenvalue weighted by atomic mass is 16.4. The van der Waals surface area contributed by atoms with E-state index in [1.54, 1.807) is 6.07 Å². The van der Waals surface area contributed by atoms with Gasteiger partial charge in [-0.15, -0.1) is 0 Å². The largest absolute Gasteiger partial charge is 0.478 e. The maximum absolute atomic E-state index is 11.7. The van der Waals surface area contributed by atoms with Crippen LogP contribution in [0.1, 0.15) is 35.8 Å². The van der Waals surface area contributed by atoms with Gasteiger partial charge in [-0.25, -0.2) is 9.78 Å². The molecule has 28 heavy (non-hydrogen) atoms. The van der Waals surface area contributed by atoms with Crippen molar-refractivity contribution in [3.05, 3.63) is 47.7 Å². The smallest absolute Gasteiger partial charge is 0.339 e. The summed E-state index contributed by atoms with van der Waals surface area (Å²) in [4.78, 5) is 22.9. The molecule has 0 aliphatic carbocycles. The molecule has 2 aromatic rings. The van der Waals surface area contributed by atoms with Crippen LogP contribution in [0, 0.1) is 0 Å². The molecule has 1 fully saturated rings. The standard InChI is InChI=1S/C22H30N4O2/c1-4-5-6-17-7-12-20(22(27)28)21(23-17)25(3)18-8-10-19(11-9-18)26-15-13-24(2)14-16-26/h7-12H,4-6,13-16H2,1-3H3,(H,27,28). The predicted octanol–water partition coefficient (Wildman–Crippen LogP) is 3.64. The van der Waals surface area contributed by atoms with Crippen molar-refractivity contribution in [3.8, 4) is 0 Å². The van der Waals surface area contributed by atoms with E-state index in [-0.39, 0.29) is 5.56 Å². The molecule has 1 aromatic carbocycles. The summed E-state index contributed by atoms with van der Waals surface area (Å²) in [5.74, 6) is -0.459. The van der Waals surface area contributed by atoms with Crippen molar-refractivity contribution in [2.45, 2.75) is 26.2 Å². The van der Waals surface area contributed by atoms with E-state index in [1.165, 1.54) is 5.69 Å². The molecule has 0 unspecified atom stereocenters. The van der Waals surface area contributed by atoms with Crippen LogP contribution in [0.5, 0.6) is 0 Å². The zero-order valence-electron chi connectivity index (χ0n) is 17.1. The molecule has 1 saturated heterocycles. The number of nitrogens with zero attached hydrogens (tertiary/aromatic N) is 4. The number of unbranched alkanes of at least 4 members (excludes halogenated alkanes) is 1. The van der Waals surface area contributed by atoms with E-state index in [4.69, 9.17) is 0 Å². The number of likely N-dealkylation sites (N-methyl/N-ethyl adjacent to an activating group) is 1. The summed E-state index contributed by atoms with van der Waals surface area (Å²) in [7, 11) is 4.03. The van der Waals surface area contributed by atoms with Crippen molar-refractivity contribution in [3.63, 3.8) is 0 Å². The molecule has 0 atom stereocenters. The molecule has 6 heteroatoms. The summed E-state index contributed by atoms with van der Waals surface area (Å²) in [6.07, 6.45) is 2.99. The van der Waals surface area contributed by atoms with Crippen LogP contribution in [-0.4, -0.2) is 61.2 Å². The molecule has 0 amide bonds. The molecule has 6 nitrogen and oxygen atoms in total. The summed E-state index contributed by atoms with van der Waals surface area (Å²) in [6, 6.07) is 11.8. The minimum atomic E-state index is -0.953. The number of piperazine rings is 1. The summed E-state index contributed by atoms with van der Waals surface area (Å²) in [6.45, 7) is 6.32. The molecule has 1 aliphatic heterocycles. The van der Waals surface area contributed by atoms with E-state index >= 15 is 0 Å². The molecule has 0 saturated carbocycles. The Hall–Kier alpha value is -2.60. The van der Waals surface area contributed by atoms with Gasteiger partial charge in [-0.2, -0.15) is 0 Å². The molecule has 3 rings (SSSR count). The number of carboxylic acid groups (broad SMARTS) is 1. The summed E-state index contributed by atoms with van der Waals surface area (Å²) >= 11 is 0. The molecular weight excluding hydrogens is 352 g/mol. The summed E-state index contributed by atoms with van der Waals surface area (Å²) < 4.78 is 0. The van der Waals surface area contributed by atoms with Crippen LogP contribution < -0.4 is 9.80 Å². The van der Waals surface area contributed by atoms with Crippen LogP contribution in [-0.2, 0) is 6.42 Å². The van der Waals surface area contributed by atoms with E-state index in [0.717, 1.165) is 56.8 Å². The van der Waals surface area contributed by atoms with E-state index in [2.05, 4.69) is 40.9 Å². The van der Waals surface area contributed by atoms with Gasteiger partial charge in [0, 0.05) is 50.3 Å². The number of pyridine rings is 1. The molecule has 1 aromatic heterocycles. The maximum atomic E-state index is 11.7. The second-order valence-electron chi connectivity index (χ2n) is 7.45. The first-order valence-electron chi connectivity index (χ1n) is 10.00. The summed E-state index contributed by atoms with van der Waals surface area (Å²) in [5.41, 5.74) is 3.29. The fraction of sp³-hybridized carbons (Fsp3) is 0.455. The lowest BCUT2D eigenvalue weighted by Gasteiger charge is -2.34. The Bertz CT molecular complexity index is 799. The minimum absolute atomic E-state index is 0.228. The number of aryl methyl sites for hydroxylation is 1. The third-order valence-corrected chi connectivity index (χ3v) is 5.37. The quantitative estimate of drug-likeness (QED) is 0.789. The van der Waals surface area contributed by atoms with Crippen molar-refractivity contribution in [2.75, 3.05) is 50.1 Å². The number of hydrogen-bond donors (Lipinski definition) is 1. The molecular formula is C22H30N4O2. The van der Waals surface area contributed by atoms with Crippen LogP contribution in [0.2, 0.25) is 0 Å². The zero-order valence-corrected chi connectivity index (χ0v) is 17.1. The van der Waals surface area contributed by atoms with Gasteiger partial charge in [-0.1, -0.05) is 13.3 Å². The van der Waals surface area contributed by atoms with Crippen molar-refractivity contribution < 1.29 is 9.90 Å². The third-order valence-electron chi connectivity index (χ3n) is 5.37. The molecule has 1 aliphatic rings. The van der Waals surface area contributed by atoms with Gasteiger partial charge in [0.2, 0.25) is 0 Å². The van der Waals surface area contributed by atoms with Crippen LogP contribution in [0.25, 0.3) is 0 Å². The van der Waals surface area contributed by atoms with Gasteiger partial charge in [0.25, 0.3) is 0 Å². The van der Waals surface area contributed by atoms with Crippen molar-refractivity contribution in [1.82, 2.24) is 9.88 Å². The number of anilines is 3. The number of carboxylic acids is 1. The number of hydrogen-bond acceptors (Lipinski definition) is 5. The number of aromatic carboxylic acids is 1. The second-order valence-corrected chi connectivity index (χ2v) is 7.45. The highest BCUT2D eigenvalue weighted by Crippen LogP contribution is 2.28. The van der Waals surface area contributed by atoms with Gasteiger partial charge in [0.1, 0.15) is 11.4 Å². The lowest BCUT2D eigenvalue weighted by molar-refractivity contribution is 0.0697. The first kappa shape index (κ1) is 20.1. The van der Waals surface area contributed by atoms with Gasteiger partial charge >= 0.3 is 5.97 Å². The molecule has 0 bridgehead atoms. The van der Waals surface area contributed by atoms with Gasteiger partial charge in [0.05, 0.1) is 0 Å². The highest BCUT2D eigenvalue weighted by molar-refractivity contribution is 5.94. The van der Waals surface area contributed by atoms with Crippen LogP contribution in [0.3, 0.4) is 0 Å². The Morgan fingerprint density at radius 2 is 1.79 bits per heavy atom. The van der Waals surface area contributed by atoms with Gasteiger partial charge in [-0.05, 0) is 56.3 Å². The minimum Gasteiger partial charge on any atom is -0.478 e. The normalized spacial score (nSPS) is 14.9. The topological polar surface area (TPSA) is 59.9 Å². The van der Waals surface area contributed by atoms with Crippen LogP contribution >= 0.6 is 0 Å². The average molecular weight is 383 g/mol. The Kier molecular flexibility index (Phi) is 6.52. The van der Waals surface area contributed by atoms with E-state index in [0.29, 0.717) is 5.82 Å². The van der Waals surface area contributed by atoms with Crippen molar-refractivity contribution in [2.24, 2.45) is 0 Å². The second kappa shape index (κ2) is 9.06. The first-order valence-corrected chi connectivity index (χ1v) is 10.00. The molecule has 0 radical (unpaired) electrons. The maximum Gasteiger partial charge on any atom is 0.339 e. The van der Waals surface area contributed by atoms with E-state index < -0.39 is 5.97 Å². The molecule has 0 spiro atoms. The van der Waals surface area contributed by atoms with Crippen LogP contribution in [0.4, 0.5) is 17.2 Å². The van der Waals surface area contributed by atoms with Crippen molar-refractivity contribution in [1.29, 1.82) is 0 Å². The van der Waals surface area contributed by atoms with Crippen LogP contribution in [0.15, 0.2) is 36.4 Å². The van der Waals surface area contributed by atoms with E-state index in [1.807, 2.05) is 30.1 Å². The lowest BCUT2D eigenvalue weighted by Crippen LogP contribution is -2.44. The predicted molar refractivity (Wildman–Crippen MR) is 114 cm³/mol. The third kappa shape index (κ3) is 4.62. The van der Waals surface area contributed by atoms with Crippen molar-refractivity contribution >= 4 is 23.2 Å². The SMILES string of the molecule is CCCCc1ccc(C(=O)O)c(N(C)c2ccc(N3CCN(C)CC3)cc2)n1. The Morgan fingerprint density at radius 3 is 2.39 bits per heavy atom. The summed E-state index contributed by atoms with van der Waals surface area (Å²) in [5, 5.41) is 9.59.